The Kier molecular flexibility index (Phi) is 5.62. The van der Waals surface area contributed by atoms with Crippen LogP contribution in [0.25, 0.3) is 18.2 Å². The van der Waals surface area contributed by atoms with Gasteiger partial charge in [-0.3, -0.25) is 4.98 Å². The van der Waals surface area contributed by atoms with E-state index in [1.54, 1.807) is 36.5 Å². The fraction of sp³-hybridized carbons (Fsp3) is 0.0476. The lowest BCUT2D eigenvalue weighted by Crippen LogP contribution is -2.05. The fourth-order valence-corrected chi connectivity index (χ4v) is 2.21. The number of pyridine rings is 1. The summed E-state index contributed by atoms with van der Waals surface area (Å²) in [5.41, 5.74) is 1.75. The highest BCUT2D eigenvalue weighted by Crippen LogP contribution is 2.29. The molecule has 2 heterocycles. The van der Waals surface area contributed by atoms with Gasteiger partial charge in [0.2, 0.25) is 0 Å². The number of nitrogens with zero attached hydrogens (tertiary/aromatic N) is 1. The van der Waals surface area contributed by atoms with E-state index in [0.717, 1.165) is 11.3 Å². The van der Waals surface area contributed by atoms with Gasteiger partial charge in [-0.2, -0.15) is 0 Å². The summed E-state index contributed by atoms with van der Waals surface area (Å²) in [4.78, 5) is 16.2. The zero-order chi connectivity index (χ0) is 18.2. The van der Waals surface area contributed by atoms with Crippen LogP contribution in [0.2, 0.25) is 0 Å². The van der Waals surface area contributed by atoms with Crippen LogP contribution in [0.3, 0.4) is 0 Å². The summed E-state index contributed by atoms with van der Waals surface area (Å²) in [6, 6.07) is 14.5. The van der Waals surface area contributed by atoms with E-state index in [9.17, 15) is 4.79 Å². The van der Waals surface area contributed by atoms with Gasteiger partial charge in [0.25, 0.3) is 0 Å². The minimum atomic E-state index is -0.517. The molecule has 0 bridgehead atoms. The van der Waals surface area contributed by atoms with Crippen molar-refractivity contribution in [2.24, 2.45) is 0 Å². The summed E-state index contributed by atoms with van der Waals surface area (Å²) in [7, 11) is 1.53. The van der Waals surface area contributed by atoms with Gasteiger partial charge in [0.1, 0.15) is 5.76 Å². The van der Waals surface area contributed by atoms with Crippen molar-refractivity contribution in [3.8, 4) is 11.5 Å². The van der Waals surface area contributed by atoms with Crippen molar-refractivity contribution in [2.45, 2.75) is 0 Å². The Hall–Kier alpha value is -3.60. The summed E-state index contributed by atoms with van der Waals surface area (Å²) in [6.45, 7) is 0. The number of esters is 1. The molecule has 26 heavy (non-hydrogen) atoms. The molecule has 2 aromatic heterocycles. The Morgan fingerprint density at radius 2 is 1.96 bits per heavy atom. The molecule has 0 aliphatic carbocycles. The van der Waals surface area contributed by atoms with Crippen molar-refractivity contribution in [3.63, 3.8) is 0 Å². The molecule has 0 saturated heterocycles. The Balaban J connectivity index is 1.70. The largest absolute Gasteiger partial charge is 0.493 e. The van der Waals surface area contributed by atoms with Gasteiger partial charge < -0.3 is 13.9 Å². The third kappa shape index (κ3) is 4.70. The van der Waals surface area contributed by atoms with E-state index in [0.29, 0.717) is 17.3 Å². The zero-order valence-electron chi connectivity index (χ0n) is 14.2. The summed E-state index contributed by atoms with van der Waals surface area (Å²) >= 11 is 0. The number of hydrogen-bond acceptors (Lipinski definition) is 5. The van der Waals surface area contributed by atoms with Crippen molar-refractivity contribution in [1.82, 2.24) is 4.98 Å². The molecule has 0 aliphatic heterocycles. The predicted octanol–water partition coefficient (Wildman–Crippen LogP) is 4.47. The average Bonchev–Trinajstić information content (AvgIpc) is 3.20. The summed E-state index contributed by atoms with van der Waals surface area (Å²) in [6.07, 6.45) is 9.91. The second kappa shape index (κ2) is 8.48. The molecule has 0 amide bonds. The van der Waals surface area contributed by atoms with Crippen LogP contribution in [-0.4, -0.2) is 18.1 Å². The molecule has 3 rings (SSSR count). The minimum Gasteiger partial charge on any atom is -0.493 e. The lowest BCUT2D eigenvalue weighted by atomic mass is 10.1. The molecule has 3 aromatic rings. The van der Waals surface area contributed by atoms with E-state index < -0.39 is 5.97 Å². The van der Waals surface area contributed by atoms with Gasteiger partial charge in [0.15, 0.2) is 11.5 Å². The van der Waals surface area contributed by atoms with Crippen LogP contribution < -0.4 is 9.47 Å². The highest BCUT2D eigenvalue weighted by Gasteiger charge is 2.08. The molecule has 5 heteroatoms. The van der Waals surface area contributed by atoms with Crippen LogP contribution in [0.1, 0.15) is 17.0 Å². The van der Waals surface area contributed by atoms with Gasteiger partial charge in [0.05, 0.1) is 19.1 Å². The molecule has 5 nitrogen and oxygen atoms in total. The smallest absolute Gasteiger partial charge is 0.336 e. The van der Waals surface area contributed by atoms with Crippen LogP contribution in [0.4, 0.5) is 0 Å². The molecule has 130 valence electrons. The van der Waals surface area contributed by atoms with Crippen molar-refractivity contribution in [1.29, 1.82) is 0 Å². The third-order valence-electron chi connectivity index (χ3n) is 3.46. The second-order valence-electron chi connectivity index (χ2n) is 5.27. The first kappa shape index (κ1) is 17.2. The van der Waals surface area contributed by atoms with Gasteiger partial charge in [-0.1, -0.05) is 18.2 Å². The summed E-state index contributed by atoms with van der Waals surface area (Å²) in [5, 5.41) is 0. The van der Waals surface area contributed by atoms with Crippen LogP contribution >= 0.6 is 0 Å². The normalized spacial score (nSPS) is 11.1. The first-order chi connectivity index (χ1) is 12.7. The predicted molar refractivity (Wildman–Crippen MR) is 99.5 cm³/mol. The van der Waals surface area contributed by atoms with E-state index >= 15 is 0 Å². The maximum absolute atomic E-state index is 11.9. The van der Waals surface area contributed by atoms with Crippen LogP contribution in [0, 0.1) is 0 Å². The number of ether oxygens (including phenoxy) is 2. The highest BCUT2D eigenvalue weighted by molar-refractivity contribution is 5.88. The molecule has 0 fully saturated rings. The summed E-state index contributed by atoms with van der Waals surface area (Å²) < 4.78 is 15.8. The van der Waals surface area contributed by atoms with Crippen LogP contribution in [0.15, 0.2) is 71.5 Å². The molecular weight excluding hydrogens is 330 g/mol. The first-order valence-corrected chi connectivity index (χ1v) is 7.95. The quantitative estimate of drug-likeness (QED) is 0.374. The lowest BCUT2D eigenvalue weighted by molar-refractivity contribution is -0.129. The Labute approximate surface area is 151 Å². The lowest BCUT2D eigenvalue weighted by Gasteiger charge is -2.08. The molecule has 0 aliphatic rings. The Morgan fingerprint density at radius 3 is 2.69 bits per heavy atom. The molecule has 0 saturated carbocycles. The van der Waals surface area contributed by atoms with Crippen LogP contribution in [0.5, 0.6) is 11.5 Å². The number of aromatic nitrogens is 1. The van der Waals surface area contributed by atoms with Gasteiger partial charge in [-0.15, -0.1) is 0 Å². The molecular formula is C21H17NO4. The molecule has 0 radical (unpaired) electrons. The number of carbonyl (C=O) groups excluding carboxylic acids is 1. The number of furan rings is 1. The number of rotatable bonds is 6. The van der Waals surface area contributed by atoms with Crippen molar-refractivity contribution in [2.75, 3.05) is 7.11 Å². The number of carbonyl (C=O) groups is 1. The number of hydrogen-bond donors (Lipinski definition) is 0. The first-order valence-electron chi connectivity index (χ1n) is 7.95. The number of methoxy groups -OCH3 is 1. The van der Waals surface area contributed by atoms with Crippen molar-refractivity contribution < 1.29 is 18.7 Å². The maximum atomic E-state index is 11.9. The maximum Gasteiger partial charge on any atom is 0.336 e. The monoisotopic (exact) mass is 347 g/mol. The van der Waals surface area contributed by atoms with Gasteiger partial charge in [-0.25, -0.2) is 4.79 Å². The molecule has 0 spiro atoms. The van der Waals surface area contributed by atoms with E-state index in [4.69, 9.17) is 13.9 Å². The topological polar surface area (TPSA) is 61.6 Å². The molecule has 0 atom stereocenters. The Bertz CT molecular complexity index is 912. The fourth-order valence-electron chi connectivity index (χ4n) is 2.21. The third-order valence-corrected chi connectivity index (χ3v) is 3.46. The van der Waals surface area contributed by atoms with E-state index in [1.165, 1.54) is 19.4 Å². The van der Waals surface area contributed by atoms with Gasteiger partial charge in [0, 0.05) is 12.3 Å². The second-order valence-corrected chi connectivity index (χ2v) is 5.27. The molecule has 0 unspecified atom stereocenters. The number of benzene rings is 1. The average molecular weight is 347 g/mol. The zero-order valence-corrected chi connectivity index (χ0v) is 14.2. The van der Waals surface area contributed by atoms with Gasteiger partial charge >= 0.3 is 5.97 Å². The van der Waals surface area contributed by atoms with E-state index in [-0.39, 0.29) is 0 Å². The van der Waals surface area contributed by atoms with Crippen LogP contribution in [-0.2, 0) is 4.79 Å². The van der Waals surface area contributed by atoms with Gasteiger partial charge in [-0.05, 0) is 54.1 Å². The van der Waals surface area contributed by atoms with Crippen molar-refractivity contribution in [3.05, 3.63) is 84.1 Å². The minimum absolute atomic E-state index is 0.344. The standard InChI is InChI=1S/C21H17NO4/c1-24-20-15-16(7-9-17-5-2-3-13-22-17)8-11-19(20)26-21(23)12-10-18-6-4-14-25-18/h2-15H,1H3/b9-7+,12-10+. The van der Waals surface area contributed by atoms with E-state index in [1.807, 2.05) is 36.4 Å². The summed E-state index contributed by atoms with van der Waals surface area (Å²) in [5.74, 6) is 0.866. The van der Waals surface area contributed by atoms with E-state index in [2.05, 4.69) is 4.98 Å². The SMILES string of the molecule is COc1cc(/C=C/c2ccccn2)ccc1OC(=O)/C=C/c1ccco1. The molecule has 0 N–H and O–H groups in total. The van der Waals surface area contributed by atoms with Crippen molar-refractivity contribution >= 4 is 24.2 Å². The highest BCUT2D eigenvalue weighted by atomic mass is 16.6. The molecule has 1 aromatic carbocycles. The Morgan fingerprint density at radius 1 is 1.04 bits per heavy atom.